The number of methoxy groups -OCH3 is 1. The van der Waals surface area contributed by atoms with Crippen LogP contribution in [-0.2, 0) is 0 Å². The molecule has 0 saturated carbocycles. The van der Waals surface area contributed by atoms with Gasteiger partial charge in [-0.1, -0.05) is 38.9 Å². The van der Waals surface area contributed by atoms with E-state index < -0.39 is 0 Å². The van der Waals surface area contributed by atoms with Crippen molar-refractivity contribution in [3.63, 3.8) is 0 Å². The maximum atomic E-state index is 12.4. The van der Waals surface area contributed by atoms with Crippen molar-refractivity contribution < 1.29 is 9.53 Å². The molecule has 0 fully saturated rings. The average Bonchev–Trinajstić information content (AvgIpc) is 2.88. The molecule has 0 aliphatic rings. The maximum Gasteiger partial charge on any atom is 0.261 e. The summed E-state index contributed by atoms with van der Waals surface area (Å²) in [5, 5.41) is 3.78. The number of nitrogens with zero attached hydrogens (tertiary/aromatic N) is 1. The Hall–Kier alpha value is -1.63. The van der Waals surface area contributed by atoms with Crippen molar-refractivity contribution >= 4 is 60.1 Å². The monoisotopic (exact) mass is 396 g/mol. The first kappa shape index (κ1) is 15.3. The van der Waals surface area contributed by atoms with Crippen molar-refractivity contribution in [3.8, 4) is 5.75 Å². The van der Waals surface area contributed by atoms with Gasteiger partial charge in [0.1, 0.15) is 5.75 Å². The Morgan fingerprint density at radius 1 is 1.32 bits per heavy atom. The molecule has 0 spiro atoms. The number of ether oxygens (including phenoxy) is 1. The summed E-state index contributed by atoms with van der Waals surface area (Å²) >= 11 is 10.8. The number of carbonyl (C=O) groups is 1. The van der Waals surface area contributed by atoms with Gasteiger partial charge in [-0.3, -0.25) is 10.1 Å². The van der Waals surface area contributed by atoms with Crippen molar-refractivity contribution in [1.29, 1.82) is 0 Å². The molecule has 0 aliphatic carbocycles. The number of carbonyl (C=O) groups excluding carboxylic acids is 1. The lowest BCUT2D eigenvalue weighted by Gasteiger charge is -2.08. The number of amides is 1. The van der Waals surface area contributed by atoms with Crippen LogP contribution < -0.4 is 10.1 Å². The standard InChI is InChI=1S/C15H10BrClN2O2S/c1-21-12-5-3-9(17)7-10(12)14(20)19-15-18-11-4-2-8(16)6-13(11)22-15/h2-7H,1H3,(H,18,19,20). The summed E-state index contributed by atoms with van der Waals surface area (Å²) in [6, 6.07) is 10.7. The molecule has 3 rings (SSSR count). The van der Waals surface area contributed by atoms with Crippen LogP contribution in [-0.4, -0.2) is 18.0 Å². The molecule has 1 amide bonds. The minimum atomic E-state index is -0.308. The SMILES string of the molecule is COc1ccc(Cl)cc1C(=O)Nc1nc2ccc(Br)cc2s1. The highest BCUT2D eigenvalue weighted by Gasteiger charge is 2.15. The first-order chi connectivity index (χ1) is 10.6. The average molecular weight is 398 g/mol. The fraction of sp³-hybridized carbons (Fsp3) is 0.0667. The number of halogens is 2. The van der Waals surface area contributed by atoms with Crippen molar-refractivity contribution in [1.82, 2.24) is 4.98 Å². The van der Waals surface area contributed by atoms with Crippen molar-refractivity contribution in [3.05, 3.63) is 51.5 Å². The summed E-state index contributed by atoms with van der Waals surface area (Å²) in [5.74, 6) is 0.156. The van der Waals surface area contributed by atoms with Gasteiger partial charge in [-0.05, 0) is 36.4 Å². The molecule has 0 radical (unpaired) electrons. The second kappa shape index (κ2) is 6.24. The lowest BCUT2D eigenvalue weighted by molar-refractivity contribution is 0.102. The highest BCUT2D eigenvalue weighted by molar-refractivity contribution is 9.10. The van der Waals surface area contributed by atoms with Gasteiger partial charge in [0.15, 0.2) is 5.13 Å². The number of benzene rings is 2. The molecule has 1 heterocycles. The molecular formula is C15H10BrClN2O2S. The number of hydrogen-bond acceptors (Lipinski definition) is 4. The van der Waals surface area contributed by atoms with Crippen molar-refractivity contribution in [2.45, 2.75) is 0 Å². The number of fused-ring (bicyclic) bond motifs is 1. The molecule has 1 N–H and O–H groups in total. The summed E-state index contributed by atoms with van der Waals surface area (Å²) < 4.78 is 7.15. The minimum Gasteiger partial charge on any atom is -0.496 e. The molecule has 0 unspecified atom stereocenters. The van der Waals surface area contributed by atoms with Gasteiger partial charge in [-0.2, -0.15) is 0 Å². The smallest absolute Gasteiger partial charge is 0.261 e. The summed E-state index contributed by atoms with van der Waals surface area (Å²) in [4.78, 5) is 16.8. The normalized spacial score (nSPS) is 10.7. The van der Waals surface area contributed by atoms with Crippen LogP contribution in [0.25, 0.3) is 10.2 Å². The van der Waals surface area contributed by atoms with E-state index in [2.05, 4.69) is 26.2 Å². The van der Waals surface area contributed by atoms with Gasteiger partial charge in [0.25, 0.3) is 5.91 Å². The Kier molecular flexibility index (Phi) is 4.33. The number of thiazole rings is 1. The second-order valence-electron chi connectivity index (χ2n) is 4.43. The summed E-state index contributed by atoms with van der Waals surface area (Å²) in [6.07, 6.45) is 0. The van der Waals surface area contributed by atoms with Gasteiger partial charge >= 0.3 is 0 Å². The van der Waals surface area contributed by atoms with Crippen molar-refractivity contribution in [2.75, 3.05) is 12.4 Å². The number of rotatable bonds is 3. The highest BCUT2D eigenvalue weighted by Crippen LogP contribution is 2.30. The quantitative estimate of drug-likeness (QED) is 0.678. The lowest BCUT2D eigenvalue weighted by atomic mass is 10.2. The molecule has 2 aromatic carbocycles. The summed E-state index contributed by atoms with van der Waals surface area (Å²) in [6.45, 7) is 0. The van der Waals surface area contributed by atoms with E-state index in [0.29, 0.717) is 21.5 Å². The Balaban J connectivity index is 1.91. The predicted octanol–water partition coefficient (Wildman–Crippen LogP) is 4.97. The highest BCUT2D eigenvalue weighted by atomic mass is 79.9. The largest absolute Gasteiger partial charge is 0.496 e. The molecule has 0 bridgehead atoms. The second-order valence-corrected chi connectivity index (χ2v) is 6.81. The maximum absolute atomic E-state index is 12.4. The Morgan fingerprint density at radius 3 is 2.91 bits per heavy atom. The molecule has 1 aromatic heterocycles. The fourth-order valence-electron chi connectivity index (χ4n) is 1.97. The zero-order chi connectivity index (χ0) is 15.7. The van der Waals surface area contributed by atoms with Crippen LogP contribution in [0.3, 0.4) is 0 Å². The Bertz CT molecular complexity index is 866. The third-order valence-electron chi connectivity index (χ3n) is 2.98. The van der Waals surface area contributed by atoms with E-state index >= 15 is 0 Å². The molecule has 22 heavy (non-hydrogen) atoms. The summed E-state index contributed by atoms with van der Waals surface area (Å²) in [7, 11) is 1.51. The van der Waals surface area contributed by atoms with Crippen LogP contribution in [0, 0.1) is 0 Å². The third kappa shape index (κ3) is 3.09. The molecule has 0 atom stereocenters. The van der Waals surface area contributed by atoms with Crippen LogP contribution >= 0.6 is 38.9 Å². The van der Waals surface area contributed by atoms with Gasteiger partial charge in [0.05, 0.1) is 22.9 Å². The number of nitrogens with one attached hydrogen (secondary N) is 1. The fourth-order valence-corrected chi connectivity index (χ4v) is 3.56. The molecule has 7 heteroatoms. The van der Waals surface area contributed by atoms with Gasteiger partial charge < -0.3 is 4.74 Å². The van der Waals surface area contributed by atoms with Crippen molar-refractivity contribution in [2.24, 2.45) is 0 Å². The summed E-state index contributed by atoms with van der Waals surface area (Å²) in [5.41, 5.74) is 1.21. The lowest BCUT2D eigenvalue weighted by Crippen LogP contribution is -2.13. The van der Waals surface area contributed by atoms with E-state index in [1.807, 2.05) is 18.2 Å². The van der Waals surface area contributed by atoms with E-state index in [4.69, 9.17) is 16.3 Å². The Labute approximate surface area is 144 Å². The van der Waals surface area contributed by atoms with Crippen LogP contribution in [0.5, 0.6) is 5.75 Å². The zero-order valence-electron chi connectivity index (χ0n) is 11.4. The molecular weight excluding hydrogens is 388 g/mol. The number of hydrogen-bond donors (Lipinski definition) is 1. The zero-order valence-corrected chi connectivity index (χ0v) is 14.6. The first-order valence-electron chi connectivity index (χ1n) is 6.28. The van der Waals surface area contributed by atoms with Gasteiger partial charge in [-0.15, -0.1) is 0 Å². The van der Waals surface area contributed by atoms with Crippen LogP contribution in [0.4, 0.5) is 5.13 Å². The van der Waals surface area contributed by atoms with E-state index in [-0.39, 0.29) is 5.91 Å². The van der Waals surface area contributed by atoms with Gasteiger partial charge in [-0.25, -0.2) is 4.98 Å². The topological polar surface area (TPSA) is 51.2 Å². The van der Waals surface area contributed by atoms with Crippen LogP contribution in [0.15, 0.2) is 40.9 Å². The van der Waals surface area contributed by atoms with E-state index in [9.17, 15) is 4.79 Å². The van der Waals surface area contributed by atoms with Gasteiger partial charge in [0, 0.05) is 9.50 Å². The third-order valence-corrected chi connectivity index (χ3v) is 4.64. The van der Waals surface area contributed by atoms with E-state index in [0.717, 1.165) is 14.7 Å². The Morgan fingerprint density at radius 2 is 2.14 bits per heavy atom. The van der Waals surface area contributed by atoms with Gasteiger partial charge in [0.2, 0.25) is 0 Å². The molecule has 0 aliphatic heterocycles. The minimum absolute atomic E-state index is 0.308. The molecule has 3 aromatic rings. The molecule has 112 valence electrons. The van der Waals surface area contributed by atoms with E-state index in [1.54, 1.807) is 18.2 Å². The first-order valence-corrected chi connectivity index (χ1v) is 8.26. The van der Waals surface area contributed by atoms with Crippen LogP contribution in [0.1, 0.15) is 10.4 Å². The van der Waals surface area contributed by atoms with Crippen LogP contribution in [0.2, 0.25) is 5.02 Å². The molecule has 0 saturated heterocycles. The number of aromatic nitrogens is 1. The van der Waals surface area contributed by atoms with E-state index in [1.165, 1.54) is 18.4 Å². The number of anilines is 1. The predicted molar refractivity (Wildman–Crippen MR) is 93.3 cm³/mol. The molecule has 4 nitrogen and oxygen atoms in total.